The van der Waals surface area contributed by atoms with Gasteiger partial charge in [-0.2, -0.15) is 0 Å². The van der Waals surface area contributed by atoms with Crippen molar-refractivity contribution < 1.29 is 9.59 Å². The summed E-state index contributed by atoms with van der Waals surface area (Å²) < 4.78 is 0. The van der Waals surface area contributed by atoms with E-state index in [-0.39, 0.29) is 18.5 Å². The van der Waals surface area contributed by atoms with Gasteiger partial charge in [0.2, 0.25) is 5.96 Å². The van der Waals surface area contributed by atoms with Gasteiger partial charge in [-0.25, -0.2) is 9.79 Å². The molecule has 2 unspecified atom stereocenters. The van der Waals surface area contributed by atoms with Crippen LogP contribution < -0.4 is 0 Å². The topological polar surface area (TPSA) is 59.5 Å². The Morgan fingerprint density at radius 3 is 2.63 bits per heavy atom. The van der Waals surface area contributed by atoms with Crippen molar-refractivity contribution in [2.24, 2.45) is 4.99 Å². The van der Waals surface area contributed by atoms with E-state index in [4.69, 9.17) is 16.6 Å². The average Bonchev–Trinajstić information content (AvgIpc) is 3.15. The zero-order valence-electron chi connectivity index (χ0n) is 15.6. The third-order valence-electron chi connectivity index (χ3n) is 5.24. The number of nitrogens with zero attached hydrogens (tertiary/aromatic N) is 5. The maximum Gasteiger partial charge on any atom is 0.328 e. The van der Waals surface area contributed by atoms with Crippen LogP contribution in [0.4, 0.5) is 4.79 Å². The first-order valence-corrected chi connectivity index (χ1v) is 9.45. The molecule has 3 amide bonds. The molecule has 142 valence electrons. The Morgan fingerprint density at radius 1 is 1.19 bits per heavy atom. The Balaban J connectivity index is 1.65. The molecule has 1 saturated heterocycles. The van der Waals surface area contributed by atoms with Gasteiger partial charge in [-0.3, -0.25) is 9.69 Å². The van der Waals surface area contributed by atoms with E-state index in [0.717, 1.165) is 30.2 Å². The predicted molar refractivity (Wildman–Crippen MR) is 103 cm³/mol. The summed E-state index contributed by atoms with van der Waals surface area (Å²) in [7, 11) is 1.69. The number of carbonyl (C=O) groups excluding carboxylic acids is 2. The van der Waals surface area contributed by atoms with E-state index in [0.29, 0.717) is 5.02 Å². The van der Waals surface area contributed by atoms with Gasteiger partial charge in [0.25, 0.3) is 5.91 Å². The molecule has 0 saturated carbocycles. The molecule has 7 nitrogen and oxygen atoms in total. The molecule has 3 heterocycles. The maximum atomic E-state index is 13.3. The molecule has 27 heavy (non-hydrogen) atoms. The molecule has 0 N–H and O–H groups in total. The zero-order chi connectivity index (χ0) is 19.3. The number of hydrogen-bond acceptors (Lipinski definition) is 5. The molecule has 0 aromatic heterocycles. The van der Waals surface area contributed by atoms with Gasteiger partial charge in [-0.1, -0.05) is 36.7 Å². The number of likely N-dealkylation sites (N-methyl/N-ethyl adjacent to an activating group) is 1. The van der Waals surface area contributed by atoms with Crippen molar-refractivity contribution in [3.8, 4) is 0 Å². The summed E-state index contributed by atoms with van der Waals surface area (Å²) in [5.41, 5.74) is 1.80. The van der Waals surface area contributed by atoms with E-state index < -0.39 is 12.2 Å². The van der Waals surface area contributed by atoms with Gasteiger partial charge in [0.15, 0.2) is 12.2 Å². The van der Waals surface area contributed by atoms with Crippen molar-refractivity contribution in [3.05, 3.63) is 46.7 Å². The number of halogens is 1. The van der Waals surface area contributed by atoms with Crippen LogP contribution in [0, 0.1) is 0 Å². The minimum Gasteiger partial charge on any atom is -0.315 e. The lowest BCUT2D eigenvalue weighted by atomic mass is 10.1. The SMILES string of the molecule is CCCN1C(C)=CN2C1=NC1C2C(=O)N(Cc2ccccc2Cl)C(=O)N1C. The fraction of sp³-hybridized carbons (Fsp3) is 0.421. The molecule has 0 bridgehead atoms. The normalized spacial score (nSPS) is 24.3. The minimum atomic E-state index is -0.540. The number of fused-ring (bicyclic) bond motifs is 3. The molecule has 4 rings (SSSR count). The smallest absolute Gasteiger partial charge is 0.315 e. The van der Waals surface area contributed by atoms with Gasteiger partial charge in [0.1, 0.15) is 0 Å². The molecule has 3 aliphatic rings. The molecule has 8 heteroatoms. The van der Waals surface area contributed by atoms with Crippen LogP contribution >= 0.6 is 11.6 Å². The average molecular weight is 388 g/mol. The highest BCUT2D eigenvalue weighted by atomic mass is 35.5. The van der Waals surface area contributed by atoms with E-state index in [1.165, 1.54) is 4.90 Å². The van der Waals surface area contributed by atoms with Crippen LogP contribution in [0.5, 0.6) is 0 Å². The lowest BCUT2D eigenvalue weighted by Crippen LogP contribution is -2.63. The second-order valence-electron chi connectivity index (χ2n) is 7.03. The summed E-state index contributed by atoms with van der Waals surface area (Å²) in [6.07, 6.45) is 2.41. The molecule has 1 aromatic rings. The molecule has 3 aliphatic heterocycles. The van der Waals surface area contributed by atoms with Crippen LogP contribution in [-0.4, -0.2) is 63.3 Å². The number of urea groups is 1. The molecule has 1 aromatic carbocycles. The summed E-state index contributed by atoms with van der Waals surface area (Å²) in [6, 6.07) is 6.36. The van der Waals surface area contributed by atoms with Crippen molar-refractivity contribution in [3.63, 3.8) is 0 Å². The summed E-state index contributed by atoms with van der Waals surface area (Å²) in [5, 5.41) is 0.539. The second-order valence-corrected chi connectivity index (χ2v) is 7.43. The summed E-state index contributed by atoms with van der Waals surface area (Å²) in [5.74, 6) is 0.501. The van der Waals surface area contributed by atoms with Crippen LogP contribution in [-0.2, 0) is 11.3 Å². The van der Waals surface area contributed by atoms with Crippen LogP contribution in [0.2, 0.25) is 5.02 Å². The maximum absolute atomic E-state index is 13.3. The Kier molecular flexibility index (Phi) is 4.34. The van der Waals surface area contributed by atoms with Gasteiger partial charge in [0, 0.05) is 30.5 Å². The fourth-order valence-corrected chi connectivity index (χ4v) is 4.04. The second kappa shape index (κ2) is 6.56. The zero-order valence-corrected chi connectivity index (χ0v) is 16.3. The van der Waals surface area contributed by atoms with E-state index in [1.54, 1.807) is 18.0 Å². The summed E-state index contributed by atoms with van der Waals surface area (Å²) in [4.78, 5) is 37.6. The quantitative estimate of drug-likeness (QED) is 0.797. The van der Waals surface area contributed by atoms with Gasteiger partial charge in [0.05, 0.1) is 6.54 Å². The van der Waals surface area contributed by atoms with E-state index >= 15 is 0 Å². The van der Waals surface area contributed by atoms with Crippen LogP contribution in [0.3, 0.4) is 0 Å². The van der Waals surface area contributed by atoms with Crippen molar-refractivity contribution >= 4 is 29.5 Å². The monoisotopic (exact) mass is 387 g/mol. The standard InChI is InChI=1S/C19H22ClN5O2/c1-4-9-23-12(2)10-24-15-16(21-18(23)24)22(3)19(27)25(17(15)26)11-13-7-5-6-8-14(13)20/h5-8,10,15-16H,4,9,11H2,1-3H3. The first-order valence-electron chi connectivity index (χ1n) is 9.07. The number of rotatable bonds is 4. The van der Waals surface area contributed by atoms with Crippen LogP contribution in [0.15, 0.2) is 41.2 Å². The molecule has 0 radical (unpaired) electrons. The molecule has 2 atom stereocenters. The lowest BCUT2D eigenvalue weighted by molar-refractivity contribution is -0.137. The van der Waals surface area contributed by atoms with Gasteiger partial charge < -0.3 is 14.7 Å². The number of benzene rings is 1. The van der Waals surface area contributed by atoms with Crippen molar-refractivity contribution in [1.29, 1.82) is 0 Å². The molecule has 1 fully saturated rings. The van der Waals surface area contributed by atoms with E-state index in [9.17, 15) is 9.59 Å². The largest absolute Gasteiger partial charge is 0.328 e. The first kappa shape index (κ1) is 17.9. The number of amides is 3. The number of allylic oxidation sites excluding steroid dienone is 1. The number of carbonyl (C=O) groups is 2. The Hall–Kier alpha value is -2.54. The number of guanidine groups is 1. The highest BCUT2D eigenvalue weighted by molar-refractivity contribution is 6.31. The van der Waals surface area contributed by atoms with Gasteiger partial charge >= 0.3 is 6.03 Å². The third-order valence-corrected chi connectivity index (χ3v) is 5.60. The Bertz CT molecular complexity index is 867. The third kappa shape index (κ3) is 2.68. The highest BCUT2D eigenvalue weighted by Gasteiger charge is 2.54. The predicted octanol–water partition coefficient (Wildman–Crippen LogP) is 2.69. The number of hydrogen-bond donors (Lipinski definition) is 0. The molecular formula is C19H22ClN5O2. The van der Waals surface area contributed by atoms with Crippen LogP contribution in [0.25, 0.3) is 0 Å². The fourth-order valence-electron chi connectivity index (χ4n) is 3.84. The van der Waals surface area contributed by atoms with Crippen LogP contribution in [0.1, 0.15) is 25.8 Å². The van der Waals surface area contributed by atoms with Gasteiger partial charge in [-0.05, 0) is 25.0 Å². The van der Waals surface area contributed by atoms with Crippen molar-refractivity contribution in [1.82, 2.24) is 19.6 Å². The molecular weight excluding hydrogens is 366 g/mol. The highest BCUT2D eigenvalue weighted by Crippen LogP contribution is 2.34. The summed E-state index contributed by atoms with van der Waals surface area (Å²) in [6.45, 7) is 5.08. The molecule has 0 spiro atoms. The Labute approximate surface area is 163 Å². The number of imide groups is 1. The lowest BCUT2D eigenvalue weighted by Gasteiger charge is -2.40. The minimum absolute atomic E-state index is 0.148. The van der Waals surface area contributed by atoms with E-state index in [1.807, 2.05) is 36.2 Å². The Morgan fingerprint density at radius 2 is 1.93 bits per heavy atom. The van der Waals surface area contributed by atoms with Crippen molar-refractivity contribution in [2.75, 3.05) is 13.6 Å². The van der Waals surface area contributed by atoms with Crippen molar-refractivity contribution in [2.45, 2.75) is 39.0 Å². The first-order chi connectivity index (χ1) is 12.9. The number of aliphatic imine (C=N–C) groups is 1. The van der Waals surface area contributed by atoms with Gasteiger partial charge in [-0.15, -0.1) is 0 Å². The summed E-state index contributed by atoms with van der Waals surface area (Å²) >= 11 is 6.24. The van der Waals surface area contributed by atoms with E-state index in [2.05, 4.69) is 11.8 Å². The molecule has 0 aliphatic carbocycles.